The minimum Gasteiger partial charge on any atom is -0.496 e. The third-order valence-corrected chi connectivity index (χ3v) is 4.18. The number of hydrogen-bond donors (Lipinski definition) is 2. The van der Waals surface area contributed by atoms with Gasteiger partial charge in [-0.25, -0.2) is 0 Å². The molecule has 0 atom stereocenters. The number of amides is 1. The van der Waals surface area contributed by atoms with Gasteiger partial charge in [0.05, 0.1) is 39.7 Å². The molecule has 2 aromatic carbocycles. The van der Waals surface area contributed by atoms with Crippen LogP contribution >= 0.6 is 0 Å². The van der Waals surface area contributed by atoms with Crippen LogP contribution in [0.25, 0.3) is 6.08 Å². The second-order valence-electron chi connectivity index (χ2n) is 6.27. The highest BCUT2D eigenvalue weighted by Crippen LogP contribution is 2.35. The minimum atomic E-state index is -0.352. The Morgan fingerprint density at radius 3 is 2.03 bits per heavy atom. The first-order valence-electron chi connectivity index (χ1n) is 9.32. The molecule has 1 amide bonds. The fourth-order valence-corrected chi connectivity index (χ4v) is 2.69. The van der Waals surface area contributed by atoms with E-state index in [1.807, 2.05) is 0 Å². The summed E-state index contributed by atoms with van der Waals surface area (Å²) >= 11 is 0. The maximum absolute atomic E-state index is 12.5. The van der Waals surface area contributed by atoms with Crippen molar-refractivity contribution in [2.75, 3.05) is 39.1 Å². The predicted molar refractivity (Wildman–Crippen MR) is 120 cm³/mol. The highest BCUT2D eigenvalue weighted by molar-refractivity contribution is 6.02. The van der Waals surface area contributed by atoms with E-state index < -0.39 is 0 Å². The van der Waals surface area contributed by atoms with Gasteiger partial charge in [0.15, 0.2) is 5.78 Å². The van der Waals surface area contributed by atoms with Crippen molar-refractivity contribution in [3.8, 4) is 23.0 Å². The minimum absolute atomic E-state index is 0.0922. The van der Waals surface area contributed by atoms with Crippen molar-refractivity contribution >= 4 is 29.1 Å². The van der Waals surface area contributed by atoms with Gasteiger partial charge >= 0.3 is 0 Å². The highest BCUT2D eigenvalue weighted by atomic mass is 16.5. The lowest BCUT2D eigenvalue weighted by Crippen LogP contribution is -2.08. The van der Waals surface area contributed by atoms with Gasteiger partial charge in [-0.3, -0.25) is 9.59 Å². The van der Waals surface area contributed by atoms with Crippen LogP contribution in [0.4, 0.5) is 11.4 Å². The topological polar surface area (TPSA) is 95.1 Å². The van der Waals surface area contributed by atoms with Crippen LogP contribution in [-0.2, 0) is 9.59 Å². The van der Waals surface area contributed by atoms with E-state index in [2.05, 4.69) is 10.6 Å². The summed E-state index contributed by atoms with van der Waals surface area (Å²) in [4.78, 5) is 23.5. The Labute approximate surface area is 181 Å². The largest absolute Gasteiger partial charge is 0.496 e. The van der Waals surface area contributed by atoms with Gasteiger partial charge < -0.3 is 29.6 Å². The van der Waals surface area contributed by atoms with Crippen LogP contribution in [-0.4, -0.2) is 40.1 Å². The number of allylic oxidation sites excluding steroid dienone is 1. The Balaban J connectivity index is 2.21. The fraction of sp³-hybridized carbons (Fsp3) is 0.217. The Hall–Kier alpha value is -3.94. The van der Waals surface area contributed by atoms with Gasteiger partial charge in [0.1, 0.15) is 23.0 Å². The summed E-state index contributed by atoms with van der Waals surface area (Å²) in [7, 11) is 6.13. The van der Waals surface area contributed by atoms with Gasteiger partial charge in [-0.15, -0.1) is 0 Å². The van der Waals surface area contributed by atoms with E-state index in [0.29, 0.717) is 39.9 Å². The Kier molecular flexibility index (Phi) is 8.51. The molecule has 0 fully saturated rings. The number of carbonyl (C=O) groups is 2. The first-order valence-corrected chi connectivity index (χ1v) is 9.32. The molecule has 31 heavy (non-hydrogen) atoms. The average Bonchev–Trinajstić information content (AvgIpc) is 2.77. The van der Waals surface area contributed by atoms with Crippen LogP contribution in [0.1, 0.15) is 12.5 Å². The van der Waals surface area contributed by atoms with E-state index in [-0.39, 0.29) is 11.7 Å². The first kappa shape index (κ1) is 23.3. The number of hydrogen-bond acceptors (Lipinski definition) is 7. The van der Waals surface area contributed by atoms with Crippen LogP contribution < -0.4 is 29.6 Å². The quantitative estimate of drug-likeness (QED) is 0.557. The molecule has 0 aliphatic rings. The van der Waals surface area contributed by atoms with E-state index >= 15 is 0 Å². The number of carbonyl (C=O) groups excluding carboxylic acids is 2. The molecule has 2 rings (SSSR count). The van der Waals surface area contributed by atoms with Crippen molar-refractivity contribution in [1.29, 1.82) is 0 Å². The van der Waals surface area contributed by atoms with Gasteiger partial charge in [-0.1, -0.05) is 0 Å². The number of anilines is 2. The summed E-state index contributed by atoms with van der Waals surface area (Å²) in [5.74, 6) is 1.71. The van der Waals surface area contributed by atoms with Crippen LogP contribution in [0.15, 0.2) is 48.7 Å². The van der Waals surface area contributed by atoms with E-state index in [0.717, 1.165) is 0 Å². The third kappa shape index (κ3) is 6.53. The molecular weight excluding hydrogens is 400 g/mol. The maximum Gasteiger partial charge on any atom is 0.248 e. The van der Waals surface area contributed by atoms with Crippen LogP contribution in [0, 0.1) is 0 Å². The van der Waals surface area contributed by atoms with Crippen molar-refractivity contribution in [2.24, 2.45) is 0 Å². The van der Waals surface area contributed by atoms with E-state index in [1.54, 1.807) is 43.5 Å². The Morgan fingerprint density at radius 1 is 0.839 bits per heavy atom. The van der Waals surface area contributed by atoms with Crippen molar-refractivity contribution in [3.63, 3.8) is 0 Å². The summed E-state index contributed by atoms with van der Waals surface area (Å²) in [5.41, 5.74) is 1.75. The Morgan fingerprint density at radius 2 is 1.48 bits per heavy atom. The summed E-state index contributed by atoms with van der Waals surface area (Å²) < 4.78 is 21.3. The number of ether oxygens (including phenoxy) is 4. The number of nitrogens with one attached hydrogen (secondary N) is 2. The zero-order valence-corrected chi connectivity index (χ0v) is 18.1. The van der Waals surface area contributed by atoms with E-state index in [4.69, 9.17) is 18.9 Å². The van der Waals surface area contributed by atoms with Gasteiger partial charge in [0.25, 0.3) is 0 Å². The molecule has 0 saturated heterocycles. The van der Waals surface area contributed by atoms with Gasteiger partial charge in [-0.2, -0.15) is 0 Å². The lowest BCUT2D eigenvalue weighted by molar-refractivity contribution is -0.113. The molecule has 0 heterocycles. The van der Waals surface area contributed by atoms with E-state index in [1.165, 1.54) is 46.6 Å². The van der Waals surface area contributed by atoms with Gasteiger partial charge in [0.2, 0.25) is 5.91 Å². The van der Waals surface area contributed by atoms with Crippen LogP contribution in [0.5, 0.6) is 23.0 Å². The zero-order valence-electron chi connectivity index (χ0n) is 18.1. The summed E-state index contributed by atoms with van der Waals surface area (Å²) in [6, 6.07) is 8.52. The number of methoxy groups -OCH3 is 4. The maximum atomic E-state index is 12.5. The fourth-order valence-electron chi connectivity index (χ4n) is 2.69. The first-order chi connectivity index (χ1) is 14.9. The van der Waals surface area contributed by atoms with Crippen LogP contribution in [0.3, 0.4) is 0 Å². The molecule has 2 N–H and O–H groups in total. The molecule has 0 aromatic heterocycles. The Bertz CT molecular complexity index is 973. The molecule has 0 radical (unpaired) electrons. The zero-order chi connectivity index (χ0) is 22.8. The number of ketones is 1. The van der Waals surface area contributed by atoms with Gasteiger partial charge in [-0.05, 0) is 37.3 Å². The summed E-state index contributed by atoms with van der Waals surface area (Å²) in [6.07, 6.45) is 5.88. The van der Waals surface area contributed by atoms with E-state index in [9.17, 15) is 9.59 Å². The molecule has 0 unspecified atom stereocenters. The van der Waals surface area contributed by atoms with Crippen molar-refractivity contribution < 1.29 is 28.5 Å². The second kappa shape index (κ2) is 11.3. The standard InChI is InChI=1S/C23H26N2O6/c1-15(26)10-11-24-19-12-16(6-8-20(19)29-3)25-23(27)9-7-18-21(30-4)13-17(28-2)14-22(18)31-5/h6-14,24H,1-5H3,(H,25,27). The van der Waals surface area contributed by atoms with Gasteiger partial charge in [0, 0.05) is 30.1 Å². The van der Waals surface area contributed by atoms with Crippen molar-refractivity contribution in [2.45, 2.75) is 6.92 Å². The lowest BCUT2D eigenvalue weighted by Gasteiger charge is -2.13. The molecule has 0 spiro atoms. The molecule has 0 saturated carbocycles. The summed E-state index contributed by atoms with van der Waals surface area (Å²) in [6.45, 7) is 1.45. The highest BCUT2D eigenvalue weighted by Gasteiger charge is 2.11. The van der Waals surface area contributed by atoms with Crippen LogP contribution in [0.2, 0.25) is 0 Å². The van der Waals surface area contributed by atoms with Crippen molar-refractivity contribution in [1.82, 2.24) is 0 Å². The molecule has 164 valence electrons. The molecule has 8 nitrogen and oxygen atoms in total. The number of rotatable bonds is 10. The lowest BCUT2D eigenvalue weighted by atomic mass is 10.1. The molecular formula is C23H26N2O6. The average molecular weight is 426 g/mol. The monoisotopic (exact) mass is 426 g/mol. The normalized spacial score (nSPS) is 10.7. The molecule has 8 heteroatoms. The molecule has 2 aromatic rings. The second-order valence-corrected chi connectivity index (χ2v) is 6.27. The number of benzene rings is 2. The third-order valence-electron chi connectivity index (χ3n) is 4.18. The molecule has 0 aliphatic heterocycles. The van der Waals surface area contributed by atoms with Crippen molar-refractivity contribution in [3.05, 3.63) is 54.2 Å². The molecule has 0 aliphatic carbocycles. The molecule has 0 bridgehead atoms. The predicted octanol–water partition coefficient (Wildman–Crippen LogP) is 3.89. The summed E-state index contributed by atoms with van der Waals surface area (Å²) in [5, 5.41) is 5.75. The SMILES string of the molecule is COc1cc(OC)c(C=CC(=O)Nc2ccc(OC)c(NC=CC(C)=O)c2)c(OC)c1. The smallest absolute Gasteiger partial charge is 0.248 e.